The minimum absolute atomic E-state index is 0.0365. The predicted octanol–water partition coefficient (Wildman–Crippen LogP) is 29.9. The van der Waals surface area contributed by atoms with Gasteiger partial charge in [-0.25, -0.2) is 8.42 Å². The number of piperidine rings is 1. The number of nitrogens with one attached hydrogen (secondary N) is 1. The molecule has 8 fully saturated rings. The van der Waals surface area contributed by atoms with Crippen LogP contribution in [0.3, 0.4) is 0 Å². The van der Waals surface area contributed by atoms with E-state index >= 15 is 0 Å². The van der Waals surface area contributed by atoms with E-state index in [0.29, 0.717) is 105 Å². The fraction of sp³-hybridized carbons (Fsp3) is 0.980. The maximum atomic E-state index is 11.7. The normalized spacial score (nSPS) is 23.3. The predicted molar refractivity (Wildman–Crippen MR) is 514 cm³/mol. The standard InChI is InChI=1S/C15H29NO.C13H26O.2C13H26S.C12H23NO.C12H24O2S.C12H24O.C12H24S/c1-12(17)16-10-8-15(9-11-16,13(2,3)4)14(5,6)7;2*1-11(2,3)13(12(4,5)6)7-9-14-10-8-13;1-11(2,3)13(12(4,5)6)8-7-9-14-10-13;1-10(2,3)12(11(4,5)6)7-9(14)13-8-12;1-10(2,3)12(11(4,5)6)7-8-15(13,14)9-12;2*1-10(2,3)12(11(4,5)6)7-8-13-9-12/h8-11H2,1-7H3;3*7-10H2,1-6H3;7-8H2,1-6H3,(H,13,14);7-9H2,1-6H3;2*7-9H2,1-6H3. The van der Waals surface area contributed by atoms with Crippen molar-refractivity contribution in [3.63, 3.8) is 0 Å². The molecule has 114 heavy (non-hydrogen) atoms. The molecular formula is C102H202N2O6S4. The smallest absolute Gasteiger partial charge is 0.220 e. The highest BCUT2D eigenvalue weighted by Gasteiger charge is 2.60. The molecule has 8 saturated heterocycles. The van der Waals surface area contributed by atoms with Crippen molar-refractivity contribution in [3.8, 4) is 0 Å². The van der Waals surface area contributed by atoms with Gasteiger partial charge in [-0.3, -0.25) is 9.59 Å². The molecule has 8 aliphatic rings. The fourth-order valence-corrected chi connectivity index (χ4v) is 33.0. The number of hydrogen-bond donors (Lipinski definition) is 1. The molecule has 2 amide bonds. The lowest BCUT2D eigenvalue weighted by atomic mass is 9.50. The third-order valence-corrected chi connectivity index (χ3v) is 38.6. The second-order valence-corrected chi connectivity index (χ2v) is 59.6. The van der Waals surface area contributed by atoms with Crippen LogP contribution in [0.5, 0.6) is 0 Å². The van der Waals surface area contributed by atoms with Crippen molar-refractivity contribution >= 4 is 56.9 Å². The average molecular weight is 1680 g/mol. The second kappa shape index (κ2) is 38.4. The van der Waals surface area contributed by atoms with E-state index in [1.54, 1.807) is 6.92 Å². The summed E-state index contributed by atoms with van der Waals surface area (Å²) in [4.78, 5) is 24.9. The third-order valence-electron chi connectivity index (χ3n) is 33.4. The van der Waals surface area contributed by atoms with Crippen LogP contribution in [0.4, 0.5) is 0 Å². The van der Waals surface area contributed by atoms with Crippen molar-refractivity contribution in [2.45, 2.75) is 416 Å². The molecule has 680 valence electrons. The van der Waals surface area contributed by atoms with E-state index in [0.717, 1.165) is 65.3 Å². The lowest BCUT2D eigenvalue weighted by molar-refractivity contribution is -0.137. The summed E-state index contributed by atoms with van der Waals surface area (Å²) in [6.07, 6.45) is 14.3. The number of amides is 2. The number of likely N-dealkylation sites (tertiary alicyclic amines) is 1. The molecule has 0 atom stereocenters. The molecule has 1 N–H and O–H groups in total. The Hall–Kier alpha value is -0.140. The quantitative estimate of drug-likeness (QED) is 0.254. The molecule has 12 heteroatoms. The summed E-state index contributed by atoms with van der Waals surface area (Å²) in [5, 5.41) is 2.98. The largest absolute Gasteiger partial charge is 0.381 e. The molecule has 0 unspecified atom stereocenters. The summed E-state index contributed by atoms with van der Waals surface area (Å²) in [5.41, 5.74) is 7.66. The monoisotopic (exact) mass is 1680 g/mol. The Morgan fingerprint density at radius 3 is 0.781 bits per heavy atom. The van der Waals surface area contributed by atoms with Gasteiger partial charge in [-0.05, 0) is 224 Å². The van der Waals surface area contributed by atoms with Crippen LogP contribution in [0, 0.1) is 130 Å². The molecule has 8 rings (SSSR count). The van der Waals surface area contributed by atoms with Gasteiger partial charge in [0.05, 0.1) is 18.1 Å². The minimum atomic E-state index is -2.82. The molecule has 0 bridgehead atoms. The number of sulfone groups is 1. The highest BCUT2D eigenvalue weighted by atomic mass is 32.2. The number of carbonyl (C=O) groups excluding carboxylic acids is 2. The van der Waals surface area contributed by atoms with Gasteiger partial charge >= 0.3 is 0 Å². The molecule has 0 aliphatic carbocycles. The van der Waals surface area contributed by atoms with Crippen LogP contribution in [0.2, 0.25) is 0 Å². The summed E-state index contributed by atoms with van der Waals surface area (Å²) in [6, 6.07) is 0. The Morgan fingerprint density at radius 1 is 0.325 bits per heavy atom. The molecule has 8 aliphatic heterocycles. The average Bonchev–Trinajstić information content (AvgIpc) is 1.44. The Labute approximate surface area is 727 Å². The van der Waals surface area contributed by atoms with Crippen LogP contribution in [-0.2, 0) is 28.9 Å². The molecule has 0 radical (unpaired) electrons. The van der Waals surface area contributed by atoms with Gasteiger partial charge in [0.2, 0.25) is 11.8 Å². The summed E-state index contributed by atoms with van der Waals surface area (Å²) >= 11 is 6.42. The van der Waals surface area contributed by atoms with Gasteiger partial charge in [-0.2, -0.15) is 35.3 Å². The Morgan fingerprint density at radius 2 is 0.596 bits per heavy atom. The van der Waals surface area contributed by atoms with Gasteiger partial charge < -0.3 is 19.7 Å². The summed E-state index contributed by atoms with van der Waals surface area (Å²) < 4.78 is 34.6. The maximum absolute atomic E-state index is 11.7. The second-order valence-electron chi connectivity index (χ2n) is 53.9. The summed E-state index contributed by atoms with van der Waals surface area (Å²) in [7, 11) is -2.82. The van der Waals surface area contributed by atoms with Gasteiger partial charge in [0.1, 0.15) is 0 Å². The number of nitrogens with zero attached hydrogens (tertiary/aromatic N) is 1. The molecule has 0 saturated carbocycles. The molecule has 8 heterocycles. The van der Waals surface area contributed by atoms with E-state index in [1.165, 1.54) is 85.9 Å². The van der Waals surface area contributed by atoms with E-state index < -0.39 is 9.84 Å². The topological polar surface area (TPSA) is 102 Å². The first-order valence-electron chi connectivity index (χ1n) is 45.7. The zero-order valence-corrected chi connectivity index (χ0v) is 89.4. The zero-order chi connectivity index (χ0) is 90.6. The van der Waals surface area contributed by atoms with Gasteiger partial charge in [-0.1, -0.05) is 332 Å². The van der Waals surface area contributed by atoms with E-state index in [2.05, 4.69) is 373 Å². The summed E-state index contributed by atoms with van der Waals surface area (Å²) in [5.74, 6) is 9.27. The van der Waals surface area contributed by atoms with Crippen LogP contribution in [0.1, 0.15) is 416 Å². The molecule has 0 aromatic rings. The Kier molecular flexibility index (Phi) is 37.6. The fourth-order valence-electron chi connectivity index (χ4n) is 25.4. The van der Waals surface area contributed by atoms with Crippen LogP contribution in [-0.4, -0.2) is 117 Å². The molecule has 8 nitrogen and oxygen atoms in total. The van der Waals surface area contributed by atoms with Crippen molar-refractivity contribution in [3.05, 3.63) is 0 Å². The van der Waals surface area contributed by atoms with E-state index in [1.807, 2.05) is 4.90 Å². The minimum Gasteiger partial charge on any atom is -0.381 e. The van der Waals surface area contributed by atoms with Crippen molar-refractivity contribution in [1.29, 1.82) is 0 Å². The molecule has 0 aromatic heterocycles. The Bertz CT molecular complexity index is 2740. The first-order valence-corrected chi connectivity index (χ1v) is 51.0. The molecule has 0 spiro atoms. The van der Waals surface area contributed by atoms with Crippen LogP contribution in [0.15, 0.2) is 0 Å². The Balaban J connectivity index is 0.000000652. The van der Waals surface area contributed by atoms with Crippen molar-refractivity contribution < 1.29 is 27.5 Å². The highest BCUT2D eigenvalue weighted by molar-refractivity contribution is 7.99. The number of ether oxygens (including phenoxy) is 2. The number of rotatable bonds is 0. The van der Waals surface area contributed by atoms with E-state index in [9.17, 15) is 18.0 Å². The van der Waals surface area contributed by atoms with Gasteiger partial charge in [0.25, 0.3) is 0 Å². The van der Waals surface area contributed by atoms with Gasteiger partial charge in [-0.15, -0.1) is 0 Å². The van der Waals surface area contributed by atoms with Gasteiger partial charge in [0.15, 0.2) is 9.84 Å². The lowest BCUT2D eigenvalue weighted by Crippen LogP contribution is -2.54. The van der Waals surface area contributed by atoms with Crippen molar-refractivity contribution in [2.75, 3.05) is 92.1 Å². The van der Waals surface area contributed by atoms with Crippen molar-refractivity contribution in [1.82, 2.24) is 10.2 Å². The van der Waals surface area contributed by atoms with Gasteiger partial charge in [0, 0.05) is 63.6 Å². The highest BCUT2D eigenvalue weighted by Crippen LogP contribution is 2.65. The summed E-state index contributed by atoms with van der Waals surface area (Å²) in [6.45, 7) is 120. The van der Waals surface area contributed by atoms with Crippen LogP contribution >= 0.6 is 35.3 Å². The third kappa shape index (κ3) is 25.6. The zero-order valence-electron chi connectivity index (χ0n) is 86.1. The molecule has 0 aromatic carbocycles. The first kappa shape index (κ1) is 112. The van der Waals surface area contributed by atoms with Crippen LogP contribution < -0.4 is 5.32 Å². The lowest BCUT2D eigenvalue weighted by Gasteiger charge is -2.57. The van der Waals surface area contributed by atoms with Crippen LogP contribution in [0.25, 0.3) is 0 Å². The SMILES string of the molecule is CC(=O)N1CCC(C(C)(C)C)(C(C)(C)C)CC1.CC(C)(C)C1(C(C)(C)C)CCCSC1.CC(C)(C)C1(C(C)(C)C)CCOC1.CC(C)(C)C1(C(C)(C)C)CCOCC1.CC(C)(C)C1(C(C)(C)C)CCS(=O)(=O)C1.CC(C)(C)C1(C(C)(C)C)CCSC1.CC(C)(C)C1(C(C)(C)C)CCSCC1.CC(C)(C)C1(C(C)(C)C)CNC(=O)C1. The number of thioether (sulfide) groups is 3. The first-order chi connectivity index (χ1) is 50.1. The van der Waals surface area contributed by atoms with E-state index in [-0.39, 0.29) is 55.1 Å². The number of carbonyl (C=O) groups is 2. The van der Waals surface area contributed by atoms with Crippen molar-refractivity contribution in [2.24, 2.45) is 130 Å². The maximum Gasteiger partial charge on any atom is 0.220 e. The molecular weight excluding hydrogens is 1480 g/mol. The number of hydrogen-bond acceptors (Lipinski definition) is 9. The van der Waals surface area contributed by atoms with E-state index in [4.69, 9.17) is 9.47 Å².